The zero-order valence-corrected chi connectivity index (χ0v) is 6.54. The SMILES string of the molecule is N[C@@H]1CN(c2nccs2)C1=O. The Morgan fingerprint density at radius 2 is 2.64 bits per heavy atom. The van der Waals surface area contributed by atoms with E-state index >= 15 is 0 Å². The van der Waals surface area contributed by atoms with Crippen LogP contribution in [0.15, 0.2) is 11.6 Å². The van der Waals surface area contributed by atoms with Crippen molar-refractivity contribution in [3.05, 3.63) is 11.6 Å². The molecular formula is C6H7N3OS. The number of nitrogens with two attached hydrogens (primary N) is 1. The summed E-state index contributed by atoms with van der Waals surface area (Å²) in [5, 5.41) is 2.59. The molecule has 0 radical (unpaired) electrons. The lowest BCUT2D eigenvalue weighted by Crippen LogP contribution is -2.61. The molecule has 0 aromatic carbocycles. The molecular weight excluding hydrogens is 162 g/mol. The zero-order chi connectivity index (χ0) is 7.84. The maximum absolute atomic E-state index is 11.0. The van der Waals surface area contributed by atoms with E-state index in [9.17, 15) is 4.79 Å². The van der Waals surface area contributed by atoms with E-state index in [0.717, 1.165) is 5.13 Å². The highest BCUT2D eigenvalue weighted by atomic mass is 32.1. The Morgan fingerprint density at radius 1 is 1.82 bits per heavy atom. The normalized spacial score (nSPS) is 23.5. The number of aromatic nitrogens is 1. The van der Waals surface area contributed by atoms with Crippen molar-refractivity contribution in [2.24, 2.45) is 5.73 Å². The summed E-state index contributed by atoms with van der Waals surface area (Å²) >= 11 is 1.45. The summed E-state index contributed by atoms with van der Waals surface area (Å²) in [6.07, 6.45) is 1.68. The second-order valence-electron chi connectivity index (χ2n) is 2.37. The standard InChI is InChI=1S/C6H7N3OS/c7-4-3-9(5(4)10)6-8-1-2-11-6/h1-2,4H,3,7H2/t4-/m1/s1. The van der Waals surface area contributed by atoms with Gasteiger partial charge in [0.2, 0.25) is 5.91 Å². The van der Waals surface area contributed by atoms with Crippen molar-refractivity contribution in [2.75, 3.05) is 11.4 Å². The largest absolute Gasteiger partial charge is 0.318 e. The molecule has 1 fully saturated rings. The highest BCUT2D eigenvalue weighted by molar-refractivity contribution is 7.13. The number of anilines is 1. The number of carbonyl (C=O) groups excluding carboxylic acids is 1. The Labute approximate surface area is 67.6 Å². The Kier molecular flexibility index (Phi) is 1.40. The number of thiazole rings is 1. The lowest BCUT2D eigenvalue weighted by Gasteiger charge is -2.33. The van der Waals surface area contributed by atoms with Crippen LogP contribution in [0, 0.1) is 0 Å². The van der Waals surface area contributed by atoms with Gasteiger partial charge >= 0.3 is 0 Å². The maximum Gasteiger partial charge on any atom is 0.247 e. The fourth-order valence-electron chi connectivity index (χ4n) is 0.974. The first-order valence-electron chi connectivity index (χ1n) is 3.25. The van der Waals surface area contributed by atoms with Gasteiger partial charge in [-0.05, 0) is 0 Å². The first kappa shape index (κ1) is 6.75. The predicted octanol–water partition coefficient (Wildman–Crippen LogP) is -0.183. The van der Waals surface area contributed by atoms with Crippen LogP contribution >= 0.6 is 11.3 Å². The first-order valence-corrected chi connectivity index (χ1v) is 4.13. The Morgan fingerprint density at radius 3 is 3.09 bits per heavy atom. The summed E-state index contributed by atoms with van der Waals surface area (Å²) in [6.45, 7) is 0.604. The van der Waals surface area contributed by atoms with Gasteiger partial charge in [0, 0.05) is 11.6 Å². The van der Waals surface area contributed by atoms with E-state index in [4.69, 9.17) is 5.73 Å². The summed E-state index contributed by atoms with van der Waals surface area (Å²) in [5.41, 5.74) is 5.40. The third-order valence-corrected chi connectivity index (χ3v) is 2.41. The van der Waals surface area contributed by atoms with E-state index in [-0.39, 0.29) is 11.9 Å². The molecule has 0 spiro atoms. The lowest BCUT2D eigenvalue weighted by molar-refractivity contribution is -0.123. The third kappa shape index (κ3) is 0.928. The zero-order valence-electron chi connectivity index (χ0n) is 5.73. The van der Waals surface area contributed by atoms with E-state index < -0.39 is 0 Å². The van der Waals surface area contributed by atoms with Gasteiger partial charge in [-0.3, -0.25) is 9.69 Å². The van der Waals surface area contributed by atoms with Crippen molar-refractivity contribution < 1.29 is 4.79 Å². The minimum absolute atomic E-state index is 0.0278. The Balaban J connectivity index is 2.16. The summed E-state index contributed by atoms with van der Waals surface area (Å²) in [7, 11) is 0. The number of hydrogen-bond acceptors (Lipinski definition) is 4. The fourth-order valence-corrected chi connectivity index (χ4v) is 1.63. The summed E-state index contributed by atoms with van der Waals surface area (Å²) in [4.78, 5) is 16.6. The fraction of sp³-hybridized carbons (Fsp3) is 0.333. The van der Waals surface area contributed by atoms with Crippen LogP contribution in [0.1, 0.15) is 0 Å². The summed E-state index contributed by atoms with van der Waals surface area (Å²) in [5.74, 6) is -0.0278. The van der Waals surface area contributed by atoms with Gasteiger partial charge in [-0.2, -0.15) is 0 Å². The van der Waals surface area contributed by atoms with Crippen LogP contribution in [0.3, 0.4) is 0 Å². The molecule has 5 heteroatoms. The van der Waals surface area contributed by atoms with Gasteiger partial charge in [0.05, 0.1) is 6.54 Å². The molecule has 0 aliphatic carbocycles. The van der Waals surface area contributed by atoms with Gasteiger partial charge in [0.15, 0.2) is 5.13 Å². The molecule has 1 aromatic rings. The van der Waals surface area contributed by atoms with E-state index in [1.54, 1.807) is 11.1 Å². The molecule has 2 N–H and O–H groups in total. The Bertz CT molecular complexity index is 271. The molecule has 4 nitrogen and oxygen atoms in total. The van der Waals surface area contributed by atoms with Crippen molar-refractivity contribution in [3.63, 3.8) is 0 Å². The van der Waals surface area contributed by atoms with E-state index in [1.807, 2.05) is 5.38 Å². The van der Waals surface area contributed by atoms with Crippen LogP contribution < -0.4 is 10.6 Å². The van der Waals surface area contributed by atoms with Crippen LogP contribution in [-0.2, 0) is 4.79 Å². The third-order valence-electron chi connectivity index (χ3n) is 1.61. The molecule has 2 heterocycles. The van der Waals surface area contributed by atoms with E-state index in [1.165, 1.54) is 11.3 Å². The molecule has 11 heavy (non-hydrogen) atoms. The average Bonchev–Trinajstić information content (AvgIpc) is 2.51. The van der Waals surface area contributed by atoms with E-state index in [0.29, 0.717) is 6.54 Å². The number of nitrogens with zero attached hydrogens (tertiary/aromatic N) is 2. The molecule has 0 bridgehead atoms. The van der Waals surface area contributed by atoms with Crippen molar-refractivity contribution in [3.8, 4) is 0 Å². The minimum Gasteiger partial charge on any atom is -0.318 e. The van der Waals surface area contributed by atoms with E-state index in [2.05, 4.69) is 4.98 Å². The second kappa shape index (κ2) is 2.28. The molecule has 1 aliphatic heterocycles. The molecule has 1 saturated heterocycles. The number of rotatable bonds is 1. The van der Waals surface area contributed by atoms with Crippen LogP contribution in [0.25, 0.3) is 0 Å². The van der Waals surface area contributed by atoms with Crippen LogP contribution in [0.2, 0.25) is 0 Å². The quantitative estimate of drug-likeness (QED) is 0.593. The van der Waals surface area contributed by atoms with Gasteiger partial charge in [-0.1, -0.05) is 0 Å². The topological polar surface area (TPSA) is 59.2 Å². The summed E-state index contributed by atoms with van der Waals surface area (Å²) in [6, 6.07) is -0.307. The first-order chi connectivity index (χ1) is 5.29. The van der Waals surface area contributed by atoms with Gasteiger partial charge in [-0.25, -0.2) is 4.98 Å². The molecule has 58 valence electrons. The molecule has 2 rings (SSSR count). The van der Waals surface area contributed by atoms with Crippen molar-refractivity contribution in [1.29, 1.82) is 0 Å². The molecule has 0 saturated carbocycles. The van der Waals surface area contributed by atoms with Crippen LogP contribution in [0.4, 0.5) is 5.13 Å². The monoisotopic (exact) mass is 169 g/mol. The van der Waals surface area contributed by atoms with Gasteiger partial charge < -0.3 is 5.73 Å². The number of carbonyl (C=O) groups is 1. The lowest BCUT2D eigenvalue weighted by atomic mass is 10.1. The highest BCUT2D eigenvalue weighted by Gasteiger charge is 2.35. The number of amides is 1. The Hall–Kier alpha value is -0.940. The van der Waals surface area contributed by atoms with Gasteiger partial charge in [0.25, 0.3) is 0 Å². The smallest absolute Gasteiger partial charge is 0.247 e. The van der Waals surface area contributed by atoms with Gasteiger partial charge in [-0.15, -0.1) is 11.3 Å². The molecule has 1 aliphatic rings. The summed E-state index contributed by atoms with van der Waals surface area (Å²) < 4.78 is 0. The number of hydrogen-bond donors (Lipinski definition) is 1. The average molecular weight is 169 g/mol. The maximum atomic E-state index is 11.0. The number of β-lactam (4-membered cyclic amide) rings is 1. The molecule has 0 unspecified atom stereocenters. The van der Waals surface area contributed by atoms with Crippen molar-refractivity contribution in [1.82, 2.24) is 4.98 Å². The predicted molar refractivity (Wildman–Crippen MR) is 42.4 cm³/mol. The van der Waals surface area contributed by atoms with Gasteiger partial charge in [0.1, 0.15) is 6.04 Å². The second-order valence-corrected chi connectivity index (χ2v) is 3.24. The molecule has 1 amide bonds. The van der Waals surface area contributed by atoms with Crippen LogP contribution in [0.5, 0.6) is 0 Å². The molecule has 1 aromatic heterocycles. The van der Waals surface area contributed by atoms with Crippen molar-refractivity contribution in [2.45, 2.75) is 6.04 Å². The minimum atomic E-state index is -0.307. The van der Waals surface area contributed by atoms with Crippen LogP contribution in [-0.4, -0.2) is 23.5 Å². The van der Waals surface area contributed by atoms with Crippen molar-refractivity contribution >= 4 is 22.4 Å². The molecule has 1 atom stereocenters. The highest BCUT2D eigenvalue weighted by Crippen LogP contribution is 2.22.